The third kappa shape index (κ3) is 1.49. The molecule has 0 aliphatic carbocycles. The van der Waals surface area contributed by atoms with E-state index in [2.05, 4.69) is 9.98 Å². The first kappa shape index (κ1) is 8.83. The summed E-state index contributed by atoms with van der Waals surface area (Å²) in [5.74, 6) is 5.67. The van der Waals surface area contributed by atoms with Gasteiger partial charge in [-0.25, -0.2) is 15.2 Å². The number of rotatable bonds is 1. The zero-order valence-corrected chi connectivity index (χ0v) is 7.39. The number of hydrogen-bond donors (Lipinski definition) is 1. The van der Waals surface area contributed by atoms with E-state index >= 15 is 0 Å². The van der Waals surface area contributed by atoms with Crippen LogP contribution in [-0.2, 0) is 0 Å². The molecule has 1 aromatic rings. The topological polar surface area (TPSA) is 54.0 Å². The van der Waals surface area contributed by atoms with Crippen LogP contribution in [0, 0.1) is 5.82 Å². The van der Waals surface area contributed by atoms with Crippen LogP contribution in [0.2, 0.25) is 0 Å². The van der Waals surface area contributed by atoms with Crippen molar-refractivity contribution >= 4 is 12.2 Å². The van der Waals surface area contributed by atoms with Crippen LogP contribution in [0.1, 0.15) is 5.56 Å². The second-order valence-electron chi connectivity index (χ2n) is 2.84. The Morgan fingerprint density at radius 2 is 2.14 bits per heavy atom. The second-order valence-corrected chi connectivity index (χ2v) is 2.84. The van der Waals surface area contributed by atoms with Crippen molar-refractivity contribution in [3.63, 3.8) is 0 Å². The maximum Gasteiger partial charge on any atom is 0.156 e. The van der Waals surface area contributed by atoms with Gasteiger partial charge in [0.05, 0.1) is 5.56 Å². The molecule has 1 aliphatic rings. The van der Waals surface area contributed by atoms with Crippen LogP contribution in [0.3, 0.4) is 0 Å². The monoisotopic (exact) mass is 192 g/mol. The molecule has 4 nitrogen and oxygen atoms in total. The predicted octanol–water partition coefficient (Wildman–Crippen LogP) is 0.747. The third-order valence-electron chi connectivity index (χ3n) is 1.88. The highest BCUT2D eigenvalue weighted by Crippen LogP contribution is 2.10. The lowest BCUT2D eigenvalue weighted by atomic mass is 10.2. The smallest absolute Gasteiger partial charge is 0.156 e. The molecular formula is C9H9FN4. The number of nitrogens with zero attached hydrogens (tertiary/aromatic N) is 3. The minimum Gasteiger partial charge on any atom is -0.272 e. The summed E-state index contributed by atoms with van der Waals surface area (Å²) < 4.78 is 13.3. The molecular weight excluding hydrogens is 183 g/mol. The van der Waals surface area contributed by atoms with Gasteiger partial charge in [-0.1, -0.05) is 12.1 Å². The first-order chi connectivity index (χ1) is 6.79. The van der Waals surface area contributed by atoms with Crippen molar-refractivity contribution < 1.29 is 4.39 Å². The van der Waals surface area contributed by atoms with Gasteiger partial charge in [0.1, 0.15) is 18.8 Å². The maximum absolute atomic E-state index is 13.3. The summed E-state index contributed by atoms with van der Waals surface area (Å²) in [6.45, 7) is 0.299. The Morgan fingerprint density at radius 3 is 2.86 bits per heavy atom. The van der Waals surface area contributed by atoms with E-state index in [-0.39, 0.29) is 5.82 Å². The van der Waals surface area contributed by atoms with Crippen molar-refractivity contribution in [2.75, 3.05) is 6.67 Å². The van der Waals surface area contributed by atoms with Gasteiger partial charge in [0.15, 0.2) is 5.84 Å². The van der Waals surface area contributed by atoms with Gasteiger partial charge in [-0.05, 0) is 12.1 Å². The van der Waals surface area contributed by atoms with Gasteiger partial charge in [0, 0.05) is 0 Å². The summed E-state index contributed by atoms with van der Waals surface area (Å²) in [4.78, 5) is 7.76. The molecule has 0 fully saturated rings. The summed E-state index contributed by atoms with van der Waals surface area (Å²) in [5, 5.41) is 1.30. The fourth-order valence-corrected chi connectivity index (χ4v) is 1.23. The molecule has 0 saturated carbocycles. The molecule has 1 heterocycles. The molecule has 1 aromatic carbocycles. The average molecular weight is 192 g/mol. The number of amidine groups is 1. The van der Waals surface area contributed by atoms with Crippen molar-refractivity contribution in [1.29, 1.82) is 0 Å². The molecule has 5 heteroatoms. The van der Waals surface area contributed by atoms with E-state index < -0.39 is 0 Å². The summed E-state index contributed by atoms with van der Waals surface area (Å²) in [6, 6.07) is 6.36. The molecule has 0 spiro atoms. The lowest BCUT2D eigenvalue weighted by molar-refractivity contribution is 0.449. The van der Waals surface area contributed by atoms with E-state index in [0.29, 0.717) is 18.1 Å². The minimum atomic E-state index is -0.336. The minimum absolute atomic E-state index is 0.299. The highest BCUT2D eigenvalue weighted by atomic mass is 19.1. The van der Waals surface area contributed by atoms with Crippen molar-refractivity contribution in [1.82, 2.24) is 5.01 Å². The second kappa shape index (κ2) is 3.55. The van der Waals surface area contributed by atoms with Crippen LogP contribution in [0.25, 0.3) is 0 Å². The average Bonchev–Trinajstić information content (AvgIpc) is 2.20. The van der Waals surface area contributed by atoms with Crippen molar-refractivity contribution in [3.05, 3.63) is 35.6 Å². The van der Waals surface area contributed by atoms with Crippen LogP contribution in [0.4, 0.5) is 4.39 Å². The molecule has 0 amide bonds. The van der Waals surface area contributed by atoms with Gasteiger partial charge in [0.25, 0.3) is 0 Å². The highest BCUT2D eigenvalue weighted by Gasteiger charge is 2.14. The van der Waals surface area contributed by atoms with Gasteiger partial charge in [-0.3, -0.25) is 10.0 Å². The van der Waals surface area contributed by atoms with Gasteiger partial charge >= 0.3 is 0 Å². The fourth-order valence-electron chi connectivity index (χ4n) is 1.23. The molecule has 0 radical (unpaired) electrons. The number of aliphatic imine (C=N–C) groups is 2. The van der Waals surface area contributed by atoms with Gasteiger partial charge in [-0.2, -0.15) is 0 Å². The van der Waals surface area contributed by atoms with E-state index in [9.17, 15) is 4.39 Å². The Labute approximate surface area is 80.5 Å². The Hall–Kier alpha value is -1.75. The molecule has 0 bridgehead atoms. The van der Waals surface area contributed by atoms with E-state index in [4.69, 9.17) is 5.84 Å². The molecule has 72 valence electrons. The standard InChI is InChI=1S/C9H9FN4/c10-8-4-2-1-3-7(8)9-13-5-12-6-14(9)11/h1-5H,6,11H2. The number of benzene rings is 1. The molecule has 0 saturated heterocycles. The molecule has 2 rings (SSSR count). The van der Waals surface area contributed by atoms with Crippen LogP contribution in [0.5, 0.6) is 0 Å². The van der Waals surface area contributed by atoms with E-state index in [1.807, 2.05) is 0 Å². The van der Waals surface area contributed by atoms with Crippen LogP contribution in [-0.4, -0.2) is 23.9 Å². The number of hydrogen-bond acceptors (Lipinski definition) is 4. The number of halogens is 1. The Morgan fingerprint density at radius 1 is 1.36 bits per heavy atom. The largest absolute Gasteiger partial charge is 0.272 e. The van der Waals surface area contributed by atoms with Crippen LogP contribution < -0.4 is 5.84 Å². The van der Waals surface area contributed by atoms with Gasteiger partial charge < -0.3 is 0 Å². The fraction of sp³-hybridized carbons (Fsp3) is 0.111. The summed E-state index contributed by atoms with van der Waals surface area (Å²) in [5.41, 5.74) is 0.390. The molecule has 0 aromatic heterocycles. The number of hydrazine groups is 1. The van der Waals surface area contributed by atoms with E-state index in [1.165, 1.54) is 17.4 Å². The van der Waals surface area contributed by atoms with Crippen LogP contribution in [0.15, 0.2) is 34.3 Å². The van der Waals surface area contributed by atoms with Crippen molar-refractivity contribution in [2.24, 2.45) is 15.8 Å². The summed E-state index contributed by atoms with van der Waals surface area (Å²) in [7, 11) is 0. The first-order valence-electron chi connectivity index (χ1n) is 4.12. The zero-order chi connectivity index (χ0) is 9.97. The normalized spacial score (nSPS) is 15.6. The third-order valence-corrected chi connectivity index (χ3v) is 1.88. The lowest BCUT2D eigenvalue weighted by Crippen LogP contribution is -2.40. The van der Waals surface area contributed by atoms with E-state index in [1.54, 1.807) is 18.2 Å². The lowest BCUT2D eigenvalue weighted by Gasteiger charge is -2.20. The van der Waals surface area contributed by atoms with Gasteiger partial charge in [0.2, 0.25) is 0 Å². The van der Waals surface area contributed by atoms with Crippen LogP contribution >= 0.6 is 0 Å². The zero-order valence-electron chi connectivity index (χ0n) is 7.39. The van der Waals surface area contributed by atoms with Gasteiger partial charge in [-0.15, -0.1) is 0 Å². The maximum atomic E-state index is 13.3. The summed E-state index contributed by atoms with van der Waals surface area (Å²) in [6.07, 6.45) is 1.38. The van der Waals surface area contributed by atoms with Crippen molar-refractivity contribution in [3.8, 4) is 0 Å². The predicted molar refractivity (Wildman–Crippen MR) is 52.3 cm³/mol. The Bertz CT molecular complexity index is 400. The molecule has 14 heavy (non-hydrogen) atoms. The first-order valence-corrected chi connectivity index (χ1v) is 4.12. The number of nitrogens with two attached hydrogens (primary N) is 1. The SMILES string of the molecule is NN1CN=CN=C1c1ccccc1F. The Kier molecular flexibility index (Phi) is 2.24. The quantitative estimate of drug-likeness (QED) is 0.667. The molecule has 0 atom stereocenters. The molecule has 0 unspecified atom stereocenters. The Balaban J connectivity index is 2.44. The molecule has 2 N–H and O–H groups in total. The van der Waals surface area contributed by atoms with E-state index in [0.717, 1.165) is 0 Å². The molecule has 1 aliphatic heterocycles. The summed E-state index contributed by atoms with van der Waals surface area (Å²) >= 11 is 0. The highest BCUT2D eigenvalue weighted by molar-refractivity contribution is 6.03. The van der Waals surface area contributed by atoms with Crippen molar-refractivity contribution in [2.45, 2.75) is 0 Å².